The average molecular weight is 286 g/mol. The molecule has 0 aliphatic rings. The molecule has 4 rings (SSSR count). The molecule has 3 aromatic carbocycles. The van der Waals surface area contributed by atoms with Crippen molar-refractivity contribution in [3.8, 4) is 11.3 Å². The van der Waals surface area contributed by atoms with Crippen LogP contribution in [-0.4, -0.2) is 4.98 Å². The van der Waals surface area contributed by atoms with E-state index in [-0.39, 0.29) is 0 Å². The zero-order chi connectivity index (χ0) is 15.2. The highest BCUT2D eigenvalue weighted by atomic mass is 14.7. The number of H-pyrrole nitrogens is 1. The van der Waals surface area contributed by atoms with Crippen molar-refractivity contribution in [2.24, 2.45) is 0 Å². The molecule has 4 aromatic rings. The molecule has 0 radical (unpaired) electrons. The van der Waals surface area contributed by atoms with Gasteiger partial charge >= 0.3 is 0 Å². The smallest absolute Gasteiger partial charge is 0.0464 e. The van der Waals surface area contributed by atoms with Crippen LogP contribution in [0.2, 0.25) is 0 Å². The molecule has 0 aliphatic heterocycles. The number of nitrogen functional groups attached to an aromatic ring is 1. The first-order chi connectivity index (χ1) is 10.8. The molecular weight excluding hydrogens is 268 g/mol. The molecule has 1 aromatic heterocycles. The summed E-state index contributed by atoms with van der Waals surface area (Å²) >= 11 is 0. The summed E-state index contributed by atoms with van der Waals surface area (Å²) in [6.07, 6.45) is 0. The van der Waals surface area contributed by atoms with Crippen molar-refractivity contribution in [1.82, 2.24) is 4.98 Å². The number of hydrogen-bond donors (Lipinski definition) is 2. The Morgan fingerprint density at radius 2 is 1.23 bits per heavy atom. The van der Waals surface area contributed by atoms with E-state index in [9.17, 15) is 0 Å². The Labute approximate surface area is 130 Å². The van der Waals surface area contributed by atoms with Crippen LogP contribution in [0.15, 0.2) is 91.0 Å². The maximum atomic E-state index is 5.36. The van der Waals surface area contributed by atoms with Gasteiger partial charge in [0, 0.05) is 22.3 Å². The minimum Gasteiger partial charge on any atom is -0.399 e. The Morgan fingerprint density at radius 1 is 0.636 bits per heavy atom. The second kappa shape index (κ2) is 6.64. The lowest BCUT2D eigenvalue weighted by Gasteiger charge is -1.94. The fourth-order valence-corrected chi connectivity index (χ4v) is 2.30. The van der Waals surface area contributed by atoms with Gasteiger partial charge in [-0.05, 0) is 29.8 Å². The normalized spacial score (nSPS) is 10.0. The molecule has 0 spiro atoms. The van der Waals surface area contributed by atoms with Gasteiger partial charge in [-0.15, -0.1) is 0 Å². The number of hydrogen-bond acceptors (Lipinski definition) is 1. The van der Waals surface area contributed by atoms with Crippen LogP contribution < -0.4 is 5.73 Å². The Hall–Kier alpha value is -3.00. The zero-order valence-electron chi connectivity index (χ0n) is 12.2. The second-order valence-corrected chi connectivity index (χ2v) is 5.05. The summed E-state index contributed by atoms with van der Waals surface area (Å²) in [6, 6.07) is 30.4. The van der Waals surface area contributed by atoms with Crippen molar-refractivity contribution in [2.75, 3.05) is 5.73 Å². The van der Waals surface area contributed by atoms with Gasteiger partial charge in [0.15, 0.2) is 0 Å². The minimum atomic E-state index is 0.822. The predicted octanol–water partition coefficient (Wildman–Crippen LogP) is 5.10. The SMILES string of the molecule is Nc1ccccc1.c1ccc(-c2cc3ccccc3[nH]2)cc1. The van der Waals surface area contributed by atoms with Gasteiger partial charge < -0.3 is 10.7 Å². The topological polar surface area (TPSA) is 41.8 Å². The molecule has 0 fully saturated rings. The average Bonchev–Trinajstić information content (AvgIpc) is 3.01. The van der Waals surface area contributed by atoms with Gasteiger partial charge in [-0.25, -0.2) is 0 Å². The number of nitrogens with two attached hydrogens (primary N) is 1. The molecule has 0 unspecified atom stereocenters. The van der Waals surface area contributed by atoms with Crippen LogP contribution in [0.5, 0.6) is 0 Å². The van der Waals surface area contributed by atoms with Crippen LogP contribution in [-0.2, 0) is 0 Å². The van der Waals surface area contributed by atoms with Gasteiger partial charge in [0.05, 0.1) is 0 Å². The Morgan fingerprint density at radius 3 is 1.82 bits per heavy atom. The first-order valence-electron chi connectivity index (χ1n) is 7.26. The molecule has 1 heterocycles. The standard InChI is InChI=1S/C14H11N.C6H7N/c1-2-6-11(7-3-1)14-10-12-8-4-5-9-13(12)15-14;7-6-4-2-1-3-5-6/h1-10,15H;1-5H,7H2. The molecule has 2 heteroatoms. The van der Waals surface area contributed by atoms with Gasteiger partial charge in [0.2, 0.25) is 0 Å². The van der Waals surface area contributed by atoms with E-state index in [1.54, 1.807) is 0 Å². The van der Waals surface area contributed by atoms with Crippen molar-refractivity contribution < 1.29 is 0 Å². The van der Waals surface area contributed by atoms with Gasteiger partial charge in [-0.3, -0.25) is 0 Å². The molecule has 0 saturated carbocycles. The van der Waals surface area contributed by atoms with Crippen molar-refractivity contribution >= 4 is 16.6 Å². The van der Waals surface area contributed by atoms with Crippen LogP contribution >= 0.6 is 0 Å². The highest BCUT2D eigenvalue weighted by Crippen LogP contribution is 2.23. The van der Waals surface area contributed by atoms with Crippen LogP contribution in [0.3, 0.4) is 0 Å². The fraction of sp³-hybridized carbons (Fsp3) is 0. The molecule has 0 bridgehead atoms. The van der Waals surface area contributed by atoms with E-state index in [2.05, 4.69) is 53.5 Å². The van der Waals surface area contributed by atoms with Crippen molar-refractivity contribution in [2.45, 2.75) is 0 Å². The summed E-state index contributed by atoms with van der Waals surface area (Å²) in [4.78, 5) is 3.41. The van der Waals surface area contributed by atoms with Gasteiger partial charge in [0.1, 0.15) is 0 Å². The highest BCUT2D eigenvalue weighted by Gasteiger charge is 2.00. The third-order valence-electron chi connectivity index (χ3n) is 3.41. The van der Waals surface area contributed by atoms with E-state index in [0.717, 1.165) is 5.69 Å². The molecular formula is C20H18N2. The first-order valence-corrected chi connectivity index (χ1v) is 7.26. The summed E-state index contributed by atoms with van der Waals surface area (Å²) in [7, 11) is 0. The lowest BCUT2D eigenvalue weighted by atomic mass is 10.1. The molecule has 108 valence electrons. The summed E-state index contributed by atoms with van der Waals surface area (Å²) in [5.41, 5.74) is 9.78. The first kappa shape index (κ1) is 14.0. The van der Waals surface area contributed by atoms with E-state index in [1.807, 2.05) is 42.5 Å². The molecule has 22 heavy (non-hydrogen) atoms. The lowest BCUT2D eigenvalue weighted by molar-refractivity contribution is 1.45. The number of fused-ring (bicyclic) bond motifs is 1. The van der Waals surface area contributed by atoms with Crippen molar-refractivity contribution in [3.05, 3.63) is 91.0 Å². The summed E-state index contributed by atoms with van der Waals surface area (Å²) in [5, 5.41) is 1.26. The maximum absolute atomic E-state index is 5.36. The minimum absolute atomic E-state index is 0.822. The van der Waals surface area contributed by atoms with Crippen LogP contribution in [0.1, 0.15) is 0 Å². The quantitative estimate of drug-likeness (QED) is 0.469. The number of anilines is 1. The van der Waals surface area contributed by atoms with Crippen LogP contribution in [0.25, 0.3) is 22.2 Å². The summed E-state index contributed by atoms with van der Waals surface area (Å²) in [6.45, 7) is 0. The van der Waals surface area contributed by atoms with E-state index >= 15 is 0 Å². The summed E-state index contributed by atoms with van der Waals surface area (Å²) < 4.78 is 0. The van der Waals surface area contributed by atoms with E-state index < -0.39 is 0 Å². The molecule has 0 atom stereocenters. The highest BCUT2D eigenvalue weighted by molar-refractivity contribution is 5.85. The maximum Gasteiger partial charge on any atom is 0.0464 e. The monoisotopic (exact) mass is 286 g/mol. The fourth-order valence-electron chi connectivity index (χ4n) is 2.30. The van der Waals surface area contributed by atoms with Gasteiger partial charge in [0.25, 0.3) is 0 Å². The van der Waals surface area contributed by atoms with Crippen molar-refractivity contribution in [3.63, 3.8) is 0 Å². The zero-order valence-corrected chi connectivity index (χ0v) is 12.2. The van der Waals surface area contributed by atoms with Crippen LogP contribution in [0, 0.1) is 0 Å². The Balaban J connectivity index is 0.000000174. The van der Waals surface area contributed by atoms with Gasteiger partial charge in [-0.2, -0.15) is 0 Å². The number of aromatic nitrogens is 1. The van der Waals surface area contributed by atoms with Gasteiger partial charge in [-0.1, -0.05) is 66.7 Å². The Kier molecular flexibility index (Phi) is 4.21. The van der Waals surface area contributed by atoms with Crippen molar-refractivity contribution in [1.29, 1.82) is 0 Å². The largest absolute Gasteiger partial charge is 0.399 e. The number of rotatable bonds is 1. The lowest BCUT2D eigenvalue weighted by Crippen LogP contribution is -1.79. The second-order valence-electron chi connectivity index (χ2n) is 5.05. The molecule has 0 saturated heterocycles. The Bertz CT molecular complexity index is 800. The third-order valence-corrected chi connectivity index (χ3v) is 3.41. The number of aromatic amines is 1. The van der Waals surface area contributed by atoms with E-state index in [0.29, 0.717) is 0 Å². The predicted molar refractivity (Wildman–Crippen MR) is 94.6 cm³/mol. The molecule has 0 amide bonds. The number of para-hydroxylation sites is 2. The van der Waals surface area contributed by atoms with E-state index in [1.165, 1.54) is 22.2 Å². The number of benzene rings is 3. The molecule has 3 N–H and O–H groups in total. The summed E-state index contributed by atoms with van der Waals surface area (Å²) in [5.74, 6) is 0. The molecule has 0 aliphatic carbocycles. The third kappa shape index (κ3) is 3.36. The van der Waals surface area contributed by atoms with E-state index in [4.69, 9.17) is 5.73 Å². The molecule has 2 nitrogen and oxygen atoms in total. The van der Waals surface area contributed by atoms with Crippen LogP contribution in [0.4, 0.5) is 5.69 Å². The number of nitrogens with one attached hydrogen (secondary N) is 1.